The zero-order valence-electron chi connectivity index (χ0n) is 18.7. The molecule has 6 nitrogen and oxygen atoms in total. The number of carbonyl (C=O) groups excluding carboxylic acids is 2. The topological polar surface area (TPSA) is 80.8 Å². The van der Waals surface area contributed by atoms with Gasteiger partial charge in [-0.15, -0.1) is 0 Å². The fourth-order valence-corrected chi connectivity index (χ4v) is 8.73. The predicted molar refractivity (Wildman–Crippen MR) is 119 cm³/mol. The zero-order chi connectivity index (χ0) is 22.5. The molecule has 5 aliphatic rings. The smallest absolute Gasteiger partial charge is 0.309 e. The Labute approximate surface area is 190 Å². The average molecular weight is 460 g/mol. The van der Waals surface area contributed by atoms with E-state index in [0.717, 1.165) is 19.3 Å². The van der Waals surface area contributed by atoms with E-state index in [-0.39, 0.29) is 41.1 Å². The first-order valence-corrected chi connectivity index (χ1v) is 13.5. The minimum Gasteiger partial charge on any atom is -0.454 e. The number of nitrogens with zero attached hydrogens (tertiary/aromatic N) is 1. The molecule has 0 N–H and O–H groups in total. The third-order valence-corrected chi connectivity index (χ3v) is 10.3. The number of Topliss-reactive ketones (excluding diaryl/α,β-unsaturated/α-hetero) is 1. The number of hydrogen-bond acceptors (Lipinski definition) is 5. The molecule has 0 amide bonds. The van der Waals surface area contributed by atoms with Crippen LogP contribution in [0.1, 0.15) is 58.3 Å². The van der Waals surface area contributed by atoms with Crippen molar-refractivity contribution >= 4 is 21.8 Å². The summed E-state index contributed by atoms with van der Waals surface area (Å²) in [5.41, 5.74) is -0.276. The number of esters is 1. The van der Waals surface area contributed by atoms with E-state index in [1.54, 1.807) is 37.3 Å². The maximum Gasteiger partial charge on any atom is 0.309 e. The monoisotopic (exact) mass is 459 g/mol. The molecular weight excluding hydrogens is 426 g/mol. The van der Waals surface area contributed by atoms with Crippen molar-refractivity contribution in [2.45, 2.75) is 69.3 Å². The Morgan fingerprint density at radius 2 is 1.50 bits per heavy atom. The molecule has 6 rings (SSSR count). The highest BCUT2D eigenvalue weighted by atomic mass is 32.2. The second-order valence-corrected chi connectivity index (χ2v) is 12.6. The molecule has 7 heteroatoms. The number of sulfonamides is 1. The first kappa shape index (κ1) is 22.1. The number of hydrogen-bond donors (Lipinski definition) is 0. The molecule has 0 aromatic heterocycles. The summed E-state index contributed by atoms with van der Waals surface area (Å²) < 4.78 is 32.7. The van der Waals surface area contributed by atoms with Gasteiger partial charge in [-0.3, -0.25) is 9.59 Å². The number of ether oxygens (including phenoxy) is 1. The highest BCUT2D eigenvalue weighted by Crippen LogP contribution is 2.60. The number of piperidine rings is 1. The molecule has 0 radical (unpaired) electrons. The number of rotatable bonds is 6. The first-order chi connectivity index (χ1) is 15.3. The van der Waals surface area contributed by atoms with Crippen LogP contribution in [0.25, 0.3) is 0 Å². The summed E-state index contributed by atoms with van der Waals surface area (Å²) in [5.74, 6) is 1.42. The molecular formula is C25H33NO5S. The van der Waals surface area contributed by atoms with Crippen LogP contribution in [-0.4, -0.2) is 43.7 Å². The molecule has 1 aromatic carbocycles. The van der Waals surface area contributed by atoms with Gasteiger partial charge in [0.05, 0.1) is 10.8 Å². The predicted octanol–water partition coefficient (Wildman–Crippen LogP) is 3.80. The van der Waals surface area contributed by atoms with E-state index in [1.807, 2.05) is 0 Å². The van der Waals surface area contributed by atoms with Crippen molar-refractivity contribution in [2.24, 2.45) is 29.1 Å². The van der Waals surface area contributed by atoms with Crippen LogP contribution in [0.15, 0.2) is 35.2 Å². The summed E-state index contributed by atoms with van der Waals surface area (Å²) in [4.78, 5) is 26.5. The lowest BCUT2D eigenvalue weighted by Gasteiger charge is -2.56. The van der Waals surface area contributed by atoms with Gasteiger partial charge in [0.1, 0.15) is 0 Å². The SMILES string of the molecule is C[C@H](OC(=O)C1CCN(S(=O)(=O)c2ccccc2)CC1)C(=O)C12CC3CC(CC(C3)C1)C2. The van der Waals surface area contributed by atoms with Crippen LogP contribution < -0.4 is 0 Å². The van der Waals surface area contributed by atoms with Crippen molar-refractivity contribution in [2.75, 3.05) is 13.1 Å². The van der Waals surface area contributed by atoms with E-state index in [0.29, 0.717) is 30.6 Å². The van der Waals surface area contributed by atoms with Crippen LogP contribution in [0.4, 0.5) is 0 Å². The third-order valence-electron chi connectivity index (χ3n) is 8.39. The van der Waals surface area contributed by atoms with Crippen molar-refractivity contribution in [1.82, 2.24) is 4.31 Å². The lowest BCUT2D eigenvalue weighted by atomic mass is 9.48. The second kappa shape index (κ2) is 8.24. The van der Waals surface area contributed by atoms with Crippen molar-refractivity contribution in [3.63, 3.8) is 0 Å². The second-order valence-electron chi connectivity index (χ2n) is 10.6. The fourth-order valence-electron chi connectivity index (χ4n) is 7.24. The van der Waals surface area contributed by atoms with Gasteiger partial charge in [-0.25, -0.2) is 8.42 Å². The Balaban J connectivity index is 1.17. The van der Waals surface area contributed by atoms with Gasteiger partial charge in [-0.05, 0) is 88.2 Å². The Morgan fingerprint density at radius 1 is 0.969 bits per heavy atom. The number of benzene rings is 1. The van der Waals surface area contributed by atoms with E-state index in [9.17, 15) is 18.0 Å². The van der Waals surface area contributed by atoms with Crippen LogP contribution in [0.2, 0.25) is 0 Å². The van der Waals surface area contributed by atoms with Crippen molar-refractivity contribution in [3.8, 4) is 0 Å². The molecule has 4 bridgehead atoms. The Kier molecular flexibility index (Phi) is 5.69. The Hall–Kier alpha value is -1.73. The van der Waals surface area contributed by atoms with Crippen LogP contribution in [0.3, 0.4) is 0 Å². The lowest BCUT2D eigenvalue weighted by Crippen LogP contribution is -2.53. The minimum atomic E-state index is -3.55. The summed E-state index contributed by atoms with van der Waals surface area (Å²) in [5, 5.41) is 0. The molecule has 1 saturated heterocycles. The maximum absolute atomic E-state index is 13.4. The van der Waals surface area contributed by atoms with Gasteiger partial charge < -0.3 is 4.74 Å². The lowest BCUT2D eigenvalue weighted by molar-refractivity contribution is -0.168. The fraction of sp³-hybridized carbons (Fsp3) is 0.680. The Morgan fingerprint density at radius 3 is 2.03 bits per heavy atom. The average Bonchev–Trinajstić information content (AvgIpc) is 2.78. The number of ketones is 1. The molecule has 1 aliphatic heterocycles. The van der Waals surface area contributed by atoms with E-state index in [2.05, 4.69) is 0 Å². The van der Waals surface area contributed by atoms with E-state index >= 15 is 0 Å². The molecule has 1 heterocycles. The van der Waals surface area contributed by atoms with Gasteiger partial charge in [0, 0.05) is 18.5 Å². The highest BCUT2D eigenvalue weighted by molar-refractivity contribution is 7.89. The van der Waals surface area contributed by atoms with Gasteiger partial charge in [-0.2, -0.15) is 4.31 Å². The molecule has 0 unspecified atom stereocenters. The molecule has 1 atom stereocenters. The minimum absolute atomic E-state index is 0.119. The molecule has 5 fully saturated rings. The van der Waals surface area contributed by atoms with Crippen molar-refractivity contribution in [1.29, 1.82) is 0 Å². The number of carbonyl (C=O) groups is 2. The molecule has 174 valence electrons. The quantitative estimate of drug-likeness (QED) is 0.605. The van der Waals surface area contributed by atoms with Gasteiger partial charge in [0.2, 0.25) is 10.0 Å². The van der Waals surface area contributed by atoms with Gasteiger partial charge in [0.15, 0.2) is 11.9 Å². The van der Waals surface area contributed by atoms with E-state index in [1.165, 1.54) is 23.6 Å². The zero-order valence-corrected chi connectivity index (χ0v) is 19.6. The van der Waals surface area contributed by atoms with Gasteiger partial charge in [0.25, 0.3) is 0 Å². The van der Waals surface area contributed by atoms with Crippen LogP contribution >= 0.6 is 0 Å². The van der Waals surface area contributed by atoms with E-state index in [4.69, 9.17) is 4.74 Å². The van der Waals surface area contributed by atoms with Gasteiger partial charge in [-0.1, -0.05) is 18.2 Å². The molecule has 0 spiro atoms. The molecule has 1 aromatic rings. The van der Waals surface area contributed by atoms with E-state index < -0.39 is 16.1 Å². The highest BCUT2D eigenvalue weighted by Gasteiger charge is 2.55. The molecule has 4 saturated carbocycles. The van der Waals surface area contributed by atoms with Crippen molar-refractivity contribution < 1.29 is 22.7 Å². The maximum atomic E-state index is 13.4. The molecule has 4 aliphatic carbocycles. The van der Waals surface area contributed by atoms with Crippen LogP contribution in [0.5, 0.6) is 0 Å². The first-order valence-electron chi connectivity index (χ1n) is 12.1. The summed E-state index contributed by atoms with van der Waals surface area (Å²) in [6, 6.07) is 8.38. The third kappa shape index (κ3) is 3.92. The normalized spacial score (nSPS) is 33.7. The summed E-state index contributed by atoms with van der Waals surface area (Å²) in [6.07, 6.45) is 6.83. The van der Waals surface area contributed by atoms with Crippen LogP contribution in [-0.2, 0) is 24.3 Å². The van der Waals surface area contributed by atoms with Crippen LogP contribution in [0, 0.1) is 29.1 Å². The summed E-state index contributed by atoms with van der Waals surface area (Å²) in [6.45, 7) is 2.30. The molecule has 32 heavy (non-hydrogen) atoms. The summed E-state index contributed by atoms with van der Waals surface area (Å²) >= 11 is 0. The summed E-state index contributed by atoms with van der Waals surface area (Å²) in [7, 11) is -3.55. The van der Waals surface area contributed by atoms with Crippen molar-refractivity contribution in [3.05, 3.63) is 30.3 Å². The standard InChI is InChI=1S/C25H33NO5S/c1-17(23(27)25-14-18-11-19(15-25)13-20(12-18)16-25)31-24(28)21-7-9-26(10-8-21)32(29,30)22-5-3-2-4-6-22/h2-6,17-21H,7-16H2,1H3/t17-,18?,19?,20?,25?/m0/s1. The van der Waals surface area contributed by atoms with Gasteiger partial charge >= 0.3 is 5.97 Å². The largest absolute Gasteiger partial charge is 0.454 e. The Bertz CT molecular complexity index is 946.